The summed E-state index contributed by atoms with van der Waals surface area (Å²) in [6.07, 6.45) is 10.4. The van der Waals surface area contributed by atoms with Gasteiger partial charge >= 0.3 is 0 Å². The predicted octanol–water partition coefficient (Wildman–Crippen LogP) is 5.40. The minimum Gasteiger partial charge on any atom is -0.0922 e. The van der Waals surface area contributed by atoms with Crippen LogP contribution in [0.25, 0.3) is 0 Å². The van der Waals surface area contributed by atoms with Crippen LogP contribution in [0.4, 0.5) is 0 Å². The summed E-state index contributed by atoms with van der Waals surface area (Å²) in [5.41, 5.74) is 1.21. The van der Waals surface area contributed by atoms with Crippen LogP contribution in [0.3, 0.4) is 0 Å². The fourth-order valence-corrected chi connectivity index (χ4v) is 4.75. The molecule has 0 unspecified atom stereocenters. The van der Waals surface area contributed by atoms with E-state index in [4.69, 9.17) is 0 Å². The van der Waals surface area contributed by atoms with Crippen molar-refractivity contribution in [1.82, 2.24) is 0 Å². The molecule has 0 amide bonds. The highest BCUT2D eigenvalue weighted by Gasteiger charge is 2.44. The second kappa shape index (κ2) is 4.63. The van der Waals surface area contributed by atoms with Gasteiger partial charge in [0.1, 0.15) is 0 Å². The van der Waals surface area contributed by atoms with Gasteiger partial charge in [0.15, 0.2) is 0 Å². The molecule has 0 atom stereocenters. The van der Waals surface area contributed by atoms with Gasteiger partial charge in [0.2, 0.25) is 0 Å². The van der Waals surface area contributed by atoms with E-state index in [9.17, 15) is 0 Å². The average molecular weight is 287 g/mol. The summed E-state index contributed by atoms with van der Waals surface area (Å²) in [7, 11) is 0. The molecule has 0 N–H and O–H groups in total. The van der Waals surface area contributed by atoms with Crippen LogP contribution >= 0.6 is 15.9 Å². The molecule has 2 aliphatic carbocycles. The van der Waals surface area contributed by atoms with E-state index in [1.807, 2.05) is 0 Å². The molecule has 0 aromatic carbocycles. The van der Waals surface area contributed by atoms with Crippen LogP contribution in [-0.4, -0.2) is 5.33 Å². The lowest BCUT2D eigenvalue weighted by Crippen LogP contribution is -2.41. The molecule has 2 saturated carbocycles. The summed E-state index contributed by atoms with van der Waals surface area (Å²) in [6, 6.07) is 0. The third kappa shape index (κ3) is 2.35. The van der Waals surface area contributed by atoms with Gasteiger partial charge in [0.25, 0.3) is 0 Å². The average Bonchev–Trinajstić information content (AvgIpc) is 2.14. The molecule has 0 aromatic heterocycles. The second-order valence-corrected chi connectivity index (χ2v) is 7.82. The maximum atomic E-state index is 3.81. The van der Waals surface area contributed by atoms with Crippen LogP contribution in [-0.2, 0) is 0 Å². The van der Waals surface area contributed by atoms with E-state index in [1.54, 1.807) is 0 Å². The highest BCUT2D eigenvalue weighted by atomic mass is 79.9. The number of hydrogen-bond acceptors (Lipinski definition) is 0. The van der Waals surface area contributed by atoms with E-state index in [0.29, 0.717) is 10.8 Å². The molecular formula is C15H27Br. The Morgan fingerprint density at radius 1 is 1.06 bits per heavy atom. The quantitative estimate of drug-likeness (QED) is 0.596. The Morgan fingerprint density at radius 3 is 1.94 bits per heavy atom. The van der Waals surface area contributed by atoms with Gasteiger partial charge in [0, 0.05) is 5.33 Å². The molecular weight excluding hydrogens is 260 g/mol. The van der Waals surface area contributed by atoms with Crippen LogP contribution < -0.4 is 0 Å². The van der Waals surface area contributed by atoms with Crippen molar-refractivity contribution in [3.63, 3.8) is 0 Å². The fourth-order valence-electron chi connectivity index (χ4n) is 3.73. The van der Waals surface area contributed by atoms with E-state index in [-0.39, 0.29) is 0 Å². The molecule has 0 radical (unpaired) electrons. The smallest absolute Gasteiger partial charge is 0.00906 e. The lowest BCUT2D eigenvalue weighted by Gasteiger charge is -2.50. The summed E-state index contributed by atoms with van der Waals surface area (Å²) >= 11 is 3.81. The molecule has 1 heteroatoms. The molecule has 0 heterocycles. The molecule has 2 fully saturated rings. The molecule has 94 valence electrons. The third-order valence-corrected chi connectivity index (χ3v) is 6.56. The summed E-state index contributed by atoms with van der Waals surface area (Å²) in [4.78, 5) is 0. The predicted molar refractivity (Wildman–Crippen MR) is 75.0 cm³/mol. The Morgan fingerprint density at radius 2 is 1.62 bits per heavy atom. The maximum absolute atomic E-state index is 3.81. The van der Waals surface area contributed by atoms with E-state index in [2.05, 4.69) is 36.7 Å². The first-order valence-corrected chi connectivity index (χ1v) is 8.16. The van der Waals surface area contributed by atoms with Crippen molar-refractivity contribution in [3.8, 4) is 0 Å². The topological polar surface area (TPSA) is 0 Å². The number of rotatable bonds is 2. The van der Waals surface area contributed by atoms with Gasteiger partial charge in [-0.05, 0) is 61.2 Å². The first-order valence-electron chi connectivity index (χ1n) is 7.04. The molecule has 0 spiro atoms. The van der Waals surface area contributed by atoms with E-state index in [0.717, 1.165) is 11.8 Å². The van der Waals surface area contributed by atoms with Gasteiger partial charge < -0.3 is 0 Å². The zero-order valence-corrected chi connectivity index (χ0v) is 12.8. The van der Waals surface area contributed by atoms with Crippen LogP contribution in [0.2, 0.25) is 0 Å². The second-order valence-electron chi connectivity index (χ2n) is 7.26. The van der Waals surface area contributed by atoms with Crippen LogP contribution in [0.15, 0.2) is 0 Å². The minimum absolute atomic E-state index is 0.526. The van der Waals surface area contributed by atoms with E-state index >= 15 is 0 Å². The third-order valence-electron chi connectivity index (χ3n) is 5.44. The van der Waals surface area contributed by atoms with Crippen molar-refractivity contribution in [2.24, 2.45) is 22.7 Å². The van der Waals surface area contributed by atoms with Crippen molar-refractivity contribution < 1.29 is 0 Å². The molecule has 0 aliphatic heterocycles. The monoisotopic (exact) mass is 286 g/mol. The van der Waals surface area contributed by atoms with Gasteiger partial charge in [-0.25, -0.2) is 0 Å². The van der Waals surface area contributed by atoms with E-state index in [1.165, 1.54) is 50.3 Å². The van der Waals surface area contributed by atoms with Crippen molar-refractivity contribution in [1.29, 1.82) is 0 Å². The standard InChI is InChI=1S/C15H27Br/c1-14(2,3)12-7-9-15(11-16,10-8-12)13-5-4-6-13/h12-13H,4-11H2,1-3H3. The number of hydrogen-bond donors (Lipinski definition) is 0. The van der Waals surface area contributed by atoms with Gasteiger partial charge in [-0.3, -0.25) is 0 Å². The lowest BCUT2D eigenvalue weighted by atomic mass is 9.56. The summed E-state index contributed by atoms with van der Waals surface area (Å²) in [5.74, 6) is 2.01. The number of halogens is 1. The highest BCUT2D eigenvalue weighted by molar-refractivity contribution is 9.09. The molecule has 0 nitrogen and oxygen atoms in total. The Labute approximate surface area is 110 Å². The molecule has 16 heavy (non-hydrogen) atoms. The van der Waals surface area contributed by atoms with Crippen molar-refractivity contribution in [3.05, 3.63) is 0 Å². The SMILES string of the molecule is CC(C)(C)C1CCC(CBr)(C2CCC2)CC1. The molecule has 2 aliphatic rings. The Hall–Kier alpha value is 0.480. The zero-order valence-electron chi connectivity index (χ0n) is 11.2. The normalized spacial score (nSPS) is 37.1. The van der Waals surface area contributed by atoms with Gasteiger partial charge in [0.05, 0.1) is 0 Å². The molecule has 2 rings (SSSR count). The lowest BCUT2D eigenvalue weighted by molar-refractivity contribution is 0.0237. The zero-order chi connectivity index (χ0) is 11.8. The molecule has 0 saturated heterocycles. The first-order chi connectivity index (χ1) is 7.48. The number of alkyl halides is 1. The Kier molecular flexibility index (Phi) is 3.74. The fraction of sp³-hybridized carbons (Fsp3) is 1.00. The summed E-state index contributed by atoms with van der Waals surface area (Å²) < 4.78 is 0. The van der Waals surface area contributed by atoms with Crippen molar-refractivity contribution in [2.45, 2.75) is 65.7 Å². The van der Waals surface area contributed by atoms with Gasteiger partial charge in [-0.1, -0.05) is 43.1 Å². The highest BCUT2D eigenvalue weighted by Crippen LogP contribution is 2.54. The van der Waals surface area contributed by atoms with Crippen LogP contribution in [0.1, 0.15) is 65.7 Å². The molecule has 0 bridgehead atoms. The molecule has 0 aromatic rings. The van der Waals surface area contributed by atoms with Crippen LogP contribution in [0, 0.1) is 22.7 Å². The Bertz CT molecular complexity index is 226. The van der Waals surface area contributed by atoms with Crippen molar-refractivity contribution >= 4 is 15.9 Å². The summed E-state index contributed by atoms with van der Waals surface area (Å²) in [5, 5.41) is 1.25. The van der Waals surface area contributed by atoms with Crippen molar-refractivity contribution in [2.75, 3.05) is 5.33 Å². The maximum Gasteiger partial charge on any atom is 0.00906 e. The first kappa shape index (κ1) is 12.9. The van der Waals surface area contributed by atoms with Crippen LogP contribution in [0.5, 0.6) is 0 Å². The minimum atomic E-state index is 0.526. The van der Waals surface area contributed by atoms with Gasteiger partial charge in [-0.2, -0.15) is 0 Å². The Balaban J connectivity index is 1.96. The van der Waals surface area contributed by atoms with E-state index < -0.39 is 0 Å². The largest absolute Gasteiger partial charge is 0.0922 e. The summed E-state index contributed by atoms with van der Waals surface area (Å²) in [6.45, 7) is 7.26. The van der Waals surface area contributed by atoms with Gasteiger partial charge in [-0.15, -0.1) is 0 Å².